The maximum absolute atomic E-state index is 5.74. The Kier molecular flexibility index (Phi) is 6.14. The fourth-order valence-electron chi connectivity index (χ4n) is 3.14. The standard InChI is InChI=1S/C15H25N3.BrH/c1-4-15(17(2)3)12-9-10-18(11-12)14-7-5-13(16)6-8-14;/h5-8,12,15H,4,9-11,16H2,1-3H3;1H. The molecule has 0 amide bonds. The molecule has 1 fully saturated rings. The Morgan fingerprint density at radius 2 is 1.95 bits per heavy atom. The quantitative estimate of drug-likeness (QED) is 0.863. The summed E-state index contributed by atoms with van der Waals surface area (Å²) in [5.41, 5.74) is 7.88. The number of rotatable bonds is 4. The van der Waals surface area contributed by atoms with Gasteiger partial charge in [-0.3, -0.25) is 0 Å². The third kappa shape index (κ3) is 3.86. The molecule has 1 aromatic rings. The van der Waals surface area contributed by atoms with Crippen LogP contribution in [-0.2, 0) is 0 Å². The van der Waals surface area contributed by atoms with Gasteiger partial charge in [-0.05, 0) is 57.1 Å². The Balaban J connectivity index is 0.00000180. The molecule has 1 aromatic carbocycles. The molecule has 3 nitrogen and oxygen atoms in total. The van der Waals surface area contributed by atoms with Crippen LogP contribution < -0.4 is 10.6 Å². The van der Waals surface area contributed by atoms with Crippen molar-refractivity contribution in [3.8, 4) is 0 Å². The Bertz CT molecular complexity index is 377. The highest BCUT2D eigenvalue weighted by molar-refractivity contribution is 8.93. The summed E-state index contributed by atoms with van der Waals surface area (Å²) >= 11 is 0. The van der Waals surface area contributed by atoms with E-state index in [2.05, 4.69) is 43.0 Å². The molecule has 2 unspecified atom stereocenters. The number of halogens is 1. The topological polar surface area (TPSA) is 32.5 Å². The minimum Gasteiger partial charge on any atom is -0.399 e. The van der Waals surface area contributed by atoms with Gasteiger partial charge in [0.05, 0.1) is 0 Å². The van der Waals surface area contributed by atoms with Gasteiger partial charge in [-0.25, -0.2) is 0 Å². The van der Waals surface area contributed by atoms with E-state index in [-0.39, 0.29) is 17.0 Å². The van der Waals surface area contributed by atoms with Gasteiger partial charge in [0.2, 0.25) is 0 Å². The van der Waals surface area contributed by atoms with Crippen LogP contribution in [0.3, 0.4) is 0 Å². The zero-order valence-corrected chi connectivity index (χ0v) is 13.9. The van der Waals surface area contributed by atoms with Gasteiger partial charge >= 0.3 is 0 Å². The Morgan fingerprint density at radius 3 is 2.47 bits per heavy atom. The zero-order valence-electron chi connectivity index (χ0n) is 12.2. The van der Waals surface area contributed by atoms with E-state index in [1.165, 1.54) is 31.6 Å². The molecular weight excluding hydrogens is 302 g/mol. The molecule has 0 bridgehead atoms. The Labute approximate surface area is 127 Å². The smallest absolute Gasteiger partial charge is 0.0367 e. The summed E-state index contributed by atoms with van der Waals surface area (Å²) in [5, 5.41) is 0. The monoisotopic (exact) mass is 327 g/mol. The molecule has 19 heavy (non-hydrogen) atoms. The van der Waals surface area contributed by atoms with Crippen LogP contribution in [-0.4, -0.2) is 38.1 Å². The molecule has 0 radical (unpaired) electrons. The lowest BCUT2D eigenvalue weighted by Crippen LogP contribution is -2.36. The largest absolute Gasteiger partial charge is 0.399 e. The third-order valence-corrected chi connectivity index (χ3v) is 4.11. The number of nitrogens with zero attached hydrogens (tertiary/aromatic N) is 2. The molecule has 2 rings (SSSR count). The number of anilines is 2. The fourth-order valence-corrected chi connectivity index (χ4v) is 3.14. The molecule has 0 spiro atoms. The molecule has 1 heterocycles. The lowest BCUT2D eigenvalue weighted by molar-refractivity contribution is 0.215. The third-order valence-electron chi connectivity index (χ3n) is 4.11. The van der Waals surface area contributed by atoms with Gasteiger partial charge in [-0.1, -0.05) is 6.92 Å². The maximum Gasteiger partial charge on any atom is 0.0367 e. The van der Waals surface area contributed by atoms with Gasteiger partial charge in [-0.15, -0.1) is 17.0 Å². The SMILES string of the molecule is Br.CCC(C1CCN(c2ccc(N)cc2)C1)N(C)C. The van der Waals surface area contributed by atoms with Crippen molar-refractivity contribution >= 4 is 28.4 Å². The summed E-state index contributed by atoms with van der Waals surface area (Å²) in [6, 6.07) is 8.95. The second-order valence-electron chi connectivity index (χ2n) is 5.53. The molecule has 0 saturated carbocycles. The summed E-state index contributed by atoms with van der Waals surface area (Å²) in [4.78, 5) is 4.85. The van der Waals surface area contributed by atoms with E-state index in [0.29, 0.717) is 6.04 Å². The van der Waals surface area contributed by atoms with Gasteiger partial charge in [0.25, 0.3) is 0 Å². The average molecular weight is 328 g/mol. The second kappa shape index (κ2) is 7.15. The summed E-state index contributed by atoms with van der Waals surface area (Å²) in [5.74, 6) is 0.780. The van der Waals surface area contributed by atoms with Crippen molar-refractivity contribution in [3.63, 3.8) is 0 Å². The first-order valence-electron chi connectivity index (χ1n) is 6.88. The summed E-state index contributed by atoms with van der Waals surface area (Å²) in [7, 11) is 4.39. The minimum absolute atomic E-state index is 0. The number of hydrogen-bond donors (Lipinski definition) is 1. The van der Waals surface area contributed by atoms with Gasteiger partial charge in [0, 0.05) is 30.5 Å². The summed E-state index contributed by atoms with van der Waals surface area (Å²) in [6.07, 6.45) is 2.52. The van der Waals surface area contributed by atoms with Crippen molar-refractivity contribution in [2.24, 2.45) is 5.92 Å². The lowest BCUT2D eigenvalue weighted by atomic mass is 9.96. The molecule has 108 valence electrons. The molecule has 2 atom stereocenters. The molecule has 1 aliphatic rings. The minimum atomic E-state index is 0. The van der Waals surface area contributed by atoms with Crippen LogP contribution in [0.2, 0.25) is 0 Å². The molecule has 2 N–H and O–H groups in total. The average Bonchev–Trinajstić information content (AvgIpc) is 2.80. The zero-order chi connectivity index (χ0) is 13.1. The van der Waals surface area contributed by atoms with Crippen LogP contribution in [0.1, 0.15) is 19.8 Å². The van der Waals surface area contributed by atoms with Crippen molar-refractivity contribution in [3.05, 3.63) is 24.3 Å². The highest BCUT2D eigenvalue weighted by atomic mass is 79.9. The van der Waals surface area contributed by atoms with Crippen molar-refractivity contribution in [2.45, 2.75) is 25.8 Å². The Morgan fingerprint density at radius 1 is 1.32 bits per heavy atom. The van der Waals surface area contributed by atoms with Crippen LogP contribution in [0.5, 0.6) is 0 Å². The molecule has 1 aliphatic heterocycles. The van der Waals surface area contributed by atoms with E-state index >= 15 is 0 Å². The molecule has 1 saturated heterocycles. The van der Waals surface area contributed by atoms with E-state index in [0.717, 1.165) is 11.6 Å². The van der Waals surface area contributed by atoms with Gasteiger partial charge in [0.1, 0.15) is 0 Å². The predicted octanol–water partition coefficient (Wildman–Crippen LogP) is 3.01. The Hall–Kier alpha value is -0.740. The first kappa shape index (κ1) is 16.3. The van der Waals surface area contributed by atoms with Crippen LogP contribution in [0.4, 0.5) is 11.4 Å². The van der Waals surface area contributed by atoms with Gasteiger partial charge in [-0.2, -0.15) is 0 Å². The maximum atomic E-state index is 5.74. The highest BCUT2D eigenvalue weighted by Gasteiger charge is 2.29. The van der Waals surface area contributed by atoms with Crippen LogP contribution in [0.15, 0.2) is 24.3 Å². The molecule has 0 aromatic heterocycles. The molecular formula is C15H26BrN3. The highest BCUT2D eigenvalue weighted by Crippen LogP contribution is 2.28. The number of hydrogen-bond acceptors (Lipinski definition) is 3. The van der Waals surface area contributed by atoms with Crippen molar-refractivity contribution in [1.29, 1.82) is 0 Å². The normalized spacial score (nSPS) is 20.4. The van der Waals surface area contributed by atoms with Crippen LogP contribution in [0.25, 0.3) is 0 Å². The second-order valence-corrected chi connectivity index (χ2v) is 5.53. The first-order valence-corrected chi connectivity index (χ1v) is 6.88. The van der Waals surface area contributed by atoms with Crippen molar-refractivity contribution in [1.82, 2.24) is 4.90 Å². The fraction of sp³-hybridized carbons (Fsp3) is 0.600. The first-order chi connectivity index (χ1) is 8.61. The van der Waals surface area contributed by atoms with Crippen LogP contribution >= 0.6 is 17.0 Å². The number of nitrogens with two attached hydrogens (primary N) is 1. The van der Waals surface area contributed by atoms with E-state index in [9.17, 15) is 0 Å². The number of benzene rings is 1. The van der Waals surface area contributed by atoms with E-state index in [1.807, 2.05) is 12.1 Å². The van der Waals surface area contributed by atoms with E-state index in [4.69, 9.17) is 5.73 Å². The summed E-state index contributed by atoms with van der Waals surface area (Å²) < 4.78 is 0. The summed E-state index contributed by atoms with van der Waals surface area (Å²) in [6.45, 7) is 4.62. The van der Waals surface area contributed by atoms with Crippen LogP contribution in [0, 0.1) is 5.92 Å². The van der Waals surface area contributed by atoms with E-state index < -0.39 is 0 Å². The molecule has 4 heteroatoms. The molecule has 0 aliphatic carbocycles. The van der Waals surface area contributed by atoms with Gasteiger partial charge < -0.3 is 15.5 Å². The van der Waals surface area contributed by atoms with E-state index in [1.54, 1.807) is 0 Å². The van der Waals surface area contributed by atoms with Crippen molar-refractivity contribution in [2.75, 3.05) is 37.8 Å². The van der Waals surface area contributed by atoms with Gasteiger partial charge in [0.15, 0.2) is 0 Å². The predicted molar refractivity (Wildman–Crippen MR) is 89.3 cm³/mol. The van der Waals surface area contributed by atoms with Crippen molar-refractivity contribution < 1.29 is 0 Å². The number of nitrogen functional groups attached to an aromatic ring is 1. The lowest BCUT2D eigenvalue weighted by Gasteiger charge is -2.29.